The third-order valence-corrected chi connectivity index (χ3v) is 6.75. The van der Waals surface area contributed by atoms with Crippen molar-refractivity contribution in [3.63, 3.8) is 0 Å². The number of carbonyl (C=O) groups excluding carboxylic acids is 2. The van der Waals surface area contributed by atoms with E-state index in [0.29, 0.717) is 36.8 Å². The lowest BCUT2D eigenvalue weighted by atomic mass is 10.1. The molecule has 1 unspecified atom stereocenters. The van der Waals surface area contributed by atoms with Gasteiger partial charge in [-0.2, -0.15) is 0 Å². The lowest BCUT2D eigenvalue weighted by molar-refractivity contribution is -0.122. The number of methoxy groups -OCH3 is 1. The molecule has 1 aliphatic rings. The zero-order valence-corrected chi connectivity index (χ0v) is 19.6. The standard InChI is InChI=1S/C23H29N3O6S/c1-3-32-14-4-13-24-33(29,30)21-11-5-18(6-12-21)25-23(28)17-15-22(27)26(16-17)19-7-9-20(31-2)10-8-19/h5-12,17,24H,3-4,13-16H2,1-2H3,(H,25,28). The minimum atomic E-state index is -3.64. The van der Waals surface area contributed by atoms with Crippen molar-refractivity contribution in [2.24, 2.45) is 5.92 Å². The summed E-state index contributed by atoms with van der Waals surface area (Å²) in [7, 11) is -2.07. The fraction of sp³-hybridized carbons (Fsp3) is 0.391. The summed E-state index contributed by atoms with van der Waals surface area (Å²) < 4.78 is 37.6. The molecule has 2 amide bonds. The van der Waals surface area contributed by atoms with Gasteiger partial charge in [-0.25, -0.2) is 13.1 Å². The molecule has 0 aliphatic carbocycles. The summed E-state index contributed by atoms with van der Waals surface area (Å²) in [6, 6.07) is 13.0. The monoisotopic (exact) mass is 475 g/mol. The van der Waals surface area contributed by atoms with Gasteiger partial charge in [-0.05, 0) is 61.9 Å². The molecule has 0 spiro atoms. The number of sulfonamides is 1. The van der Waals surface area contributed by atoms with Gasteiger partial charge in [0, 0.05) is 44.1 Å². The van der Waals surface area contributed by atoms with Gasteiger partial charge in [0.2, 0.25) is 21.8 Å². The average molecular weight is 476 g/mol. The highest BCUT2D eigenvalue weighted by atomic mass is 32.2. The summed E-state index contributed by atoms with van der Waals surface area (Å²) in [6.45, 7) is 3.51. The third kappa shape index (κ3) is 6.53. The lowest BCUT2D eigenvalue weighted by Gasteiger charge is -2.17. The van der Waals surface area contributed by atoms with Crippen LogP contribution in [0.5, 0.6) is 5.75 Å². The summed E-state index contributed by atoms with van der Waals surface area (Å²) in [5, 5.41) is 2.77. The van der Waals surface area contributed by atoms with E-state index < -0.39 is 15.9 Å². The van der Waals surface area contributed by atoms with Gasteiger partial charge < -0.3 is 19.7 Å². The molecule has 1 fully saturated rings. The van der Waals surface area contributed by atoms with E-state index in [1.807, 2.05) is 6.92 Å². The first kappa shape index (κ1) is 24.7. The molecular weight excluding hydrogens is 446 g/mol. The zero-order chi connectivity index (χ0) is 23.8. The van der Waals surface area contributed by atoms with Gasteiger partial charge in [0.05, 0.1) is 17.9 Å². The van der Waals surface area contributed by atoms with E-state index in [2.05, 4.69) is 10.0 Å². The Morgan fingerprint density at radius 2 is 1.82 bits per heavy atom. The molecule has 2 N–H and O–H groups in total. The average Bonchev–Trinajstić information content (AvgIpc) is 3.21. The minimum Gasteiger partial charge on any atom is -0.497 e. The topological polar surface area (TPSA) is 114 Å². The number of benzene rings is 2. The Balaban J connectivity index is 1.55. The minimum absolute atomic E-state index is 0.107. The van der Waals surface area contributed by atoms with Crippen LogP contribution in [0.1, 0.15) is 19.8 Å². The molecule has 1 heterocycles. The Labute approximate surface area is 194 Å². The van der Waals surface area contributed by atoms with Crippen molar-refractivity contribution < 1.29 is 27.5 Å². The van der Waals surface area contributed by atoms with Crippen LogP contribution in [0.3, 0.4) is 0 Å². The highest BCUT2D eigenvalue weighted by Crippen LogP contribution is 2.27. The van der Waals surface area contributed by atoms with Crippen LogP contribution in [0.2, 0.25) is 0 Å². The number of rotatable bonds is 11. The van der Waals surface area contributed by atoms with Gasteiger partial charge in [0.15, 0.2) is 0 Å². The number of amides is 2. The molecule has 3 rings (SSSR count). The summed E-state index contributed by atoms with van der Waals surface area (Å²) >= 11 is 0. The van der Waals surface area contributed by atoms with E-state index >= 15 is 0 Å². The zero-order valence-electron chi connectivity index (χ0n) is 18.7. The highest BCUT2D eigenvalue weighted by Gasteiger charge is 2.35. The number of nitrogens with one attached hydrogen (secondary N) is 2. The molecular formula is C23H29N3O6S. The Kier molecular flexibility index (Phi) is 8.43. The molecule has 1 aliphatic heterocycles. The predicted octanol–water partition coefficient (Wildman–Crippen LogP) is 2.39. The number of nitrogens with zero attached hydrogens (tertiary/aromatic N) is 1. The van der Waals surface area contributed by atoms with Crippen LogP contribution >= 0.6 is 0 Å². The van der Waals surface area contributed by atoms with E-state index in [1.165, 1.54) is 24.3 Å². The largest absolute Gasteiger partial charge is 0.497 e. The van der Waals surface area contributed by atoms with Crippen LogP contribution in [0.15, 0.2) is 53.4 Å². The second-order valence-corrected chi connectivity index (χ2v) is 9.33. The Morgan fingerprint density at radius 1 is 1.12 bits per heavy atom. The smallest absolute Gasteiger partial charge is 0.240 e. The molecule has 0 bridgehead atoms. The van der Waals surface area contributed by atoms with Gasteiger partial charge in [-0.3, -0.25) is 9.59 Å². The molecule has 0 saturated carbocycles. The maximum Gasteiger partial charge on any atom is 0.240 e. The number of hydrogen-bond donors (Lipinski definition) is 2. The van der Waals surface area contributed by atoms with Crippen molar-refractivity contribution in [2.45, 2.75) is 24.7 Å². The Hall–Kier alpha value is -2.95. The van der Waals surface area contributed by atoms with E-state index in [4.69, 9.17) is 9.47 Å². The molecule has 0 radical (unpaired) electrons. The predicted molar refractivity (Wildman–Crippen MR) is 125 cm³/mol. The molecule has 33 heavy (non-hydrogen) atoms. The van der Waals surface area contributed by atoms with E-state index in [9.17, 15) is 18.0 Å². The van der Waals surface area contributed by atoms with Gasteiger partial charge in [0.25, 0.3) is 0 Å². The lowest BCUT2D eigenvalue weighted by Crippen LogP contribution is -2.28. The van der Waals surface area contributed by atoms with Crippen LogP contribution in [0.4, 0.5) is 11.4 Å². The molecule has 2 aromatic rings. The maximum absolute atomic E-state index is 12.7. The van der Waals surface area contributed by atoms with Crippen molar-refractivity contribution in [1.82, 2.24) is 4.72 Å². The summed E-state index contributed by atoms with van der Waals surface area (Å²) in [4.78, 5) is 26.8. The van der Waals surface area contributed by atoms with Crippen LogP contribution in [-0.2, 0) is 24.3 Å². The van der Waals surface area contributed by atoms with Crippen molar-refractivity contribution in [3.05, 3.63) is 48.5 Å². The van der Waals surface area contributed by atoms with Crippen molar-refractivity contribution in [1.29, 1.82) is 0 Å². The van der Waals surface area contributed by atoms with Crippen LogP contribution in [-0.4, -0.2) is 53.6 Å². The quantitative estimate of drug-likeness (QED) is 0.483. The fourth-order valence-corrected chi connectivity index (χ4v) is 4.54. The molecule has 10 heteroatoms. The first-order valence-corrected chi connectivity index (χ1v) is 12.2. The van der Waals surface area contributed by atoms with Gasteiger partial charge >= 0.3 is 0 Å². The molecule has 0 aromatic heterocycles. The van der Waals surface area contributed by atoms with Crippen LogP contribution < -0.4 is 19.7 Å². The Bertz CT molecular complexity index is 1050. The maximum atomic E-state index is 12.7. The Morgan fingerprint density at radius 3 is 2.45 bits per heavy atom. The first-order chi connectivity index (χ1) is 15.8. The second kappa shape index (κ2) is 11.3. The number of hydrogen-bond acceptors (Lipinski definition) is 6. The van der Waals surface area contributed by atoms with E-state index in [-0.39, 0.29) is 36.2 Å². The number of carbonyl (C=O) groups is 2. The highest BCUT2D eigenvalue weighted by molar-refractivity contribution is 7.89. The van der Waals surface area contributed by atoms with E-state index in [1.54, 1.807) is 36.3 Å². The third-order valence-electron chi connectivity index (χ3n) is 5.27. The molecule has 178 valence electrons. The number of anilines is 2. The van der Waals surface area contributed by atoms with Crippen LogP contribution in [0, 0.1) is 5.92 Å². The van der Waals surface area contributed by atoms with Gasteiger partial charge in [-0.15, -0.1) is 0 Å². The first-order valence-electron chi connectivity index (χ1n) is 10.8. The molecule has 1 atom stereocenters. The molecule has 9 nitrogen and oxygen atoms in total. The number of ether oxygens (including phenoxy) is 2. The summed E-state index contributed by atoms with van der Waals surface area (Å²) in [5.41, 5.74) is 1.17. The summed E-state index contributed by atoms with van der Waals surface area (Å²) in [5.74, 6) is -0.234. The van der Waals surface area contributed by atoms with Crippen molar-refractivity contribution in [3.8, 4) is 5.75 Å². The molecule has 2 aromatic carbocycles. The van der Waals surface area contributed by atoms with Gasteiger partial charge in [0.1, 0.15) is 5.75 Å². The van der Waals surface area contributed by atoms with E-state index in [0.717, 1.165) is 0 Å². The fourth-order valence-electron chi connectivity index (χ4n) is 3.47. The summed E-state index contributed by atoms with van der Waals surface area (Å²) in [6.07, 6.45) is 0.685. The second-order valence-electron chi connectivity index (χ2n) is 7.57. The van der Waals surface area contributed by atoms with Crippen molar-refractivity contribution in [2.75, 3.05) is 43.6 Å². The van der Waals surface area contributed by atoms with Gasteiger partial charge in [-0.1, -0.05) is 0 Å². The van der Waals surface area contributed by atoms with Crippen molar-refractivity contribution >= 4 is 33.2 Å². The normalized spacial score (nSPS) is 16.1. The SMILES string of the molecule is CCOCCCNS(=O)(=O)c1ccc(NC(=O)C2CC(=O)N(c3ccc(OC)cc3)C2)cc1. The van der Waals surface area contributed by atoms with Crippen LogP contribution in [0.25, 0.3) is 0 Å². The molecule has 1 saturated heterocycles.